The lowest BCUT2D eigenvalue weighted by Crippen LogP contribution is -2.35. The molecule has 0 saturated carbocycles. The van der Waals surface area contributed by atoms with E-state index in [0.717, 1.165) is 18.4 Å². The summed E-state index contributed by atoms with van der Waals surface area (Å²) < 4.78 is 23.8. The summed E-state index contributed by atoms with van der Waals surface area (Å²) in [5.41, 5.74) is 0.725. The highest BCUT2D eigenvalue weighted by Gasteiger charge is 2.32. The summed E-state index contributed by atoms with van der Waals surface area (Å²) in [5, 5.41) is 9.60. The van der Waals surface area contributed by atoms with Crippen molar-refractivity contribution < 1.29 is 19.0 Å². The molecule has 18 heavy (non-hydrogen) atoms. The fraction of sp³-hybridized carbons (Fsp3) is 0.571. The minimum absolute atomic E-state index is 0.115. The second-order valence-electron chi connectivity index (χ2n) is 4.92. The summed E-state index contributed by atoms with van der Waals surface area (Å²) in [6, 6.07) is 4.98. The van der Waals surface area contributed by atoms with Crippen molar-refractivity contribution in [1.82, 2.24) is 0 Å². The Balaban J connectivity index is 2.14. The average Bonchev–Trinajstić information content (AvgIpc) is 2.40. The molecular weight excluding hydrogens is 235 g/mol. The topological polar surface area (TPSA) is 38.7 Å². The van der Waals surface area contributed by atoms with Crippen molar-refractivity contribution in [2.75, 3.05) is 26.9 Å². The van der Waals surface area contributed by atoms with Crippen LogP contribution in [0.1, 0.15) is 18.4 Å². The Morgan fingerprint density at radius 3 is 2.67 bits per heavy atom. The Morgan fingerprint density at radius 2 is 2.11 bits per heavy atom. The minimum atomic E-state index is -0.352. The van der Waals surface area contributed by atoms with Crippen molar-refractivity contribution in [2.45, 2.75) is 19.3 Å². The number of methoxy groups -OCH3 is 1. The smallest absolute Gasteiger partial charge is 0.165 e. The molecule has 1 heterocycles. The zero-order chi connectivity index (χ0) is 13.0. The van der Waals surface area contributed by atoms with Gasteiger partial charge in [-0.25, -0.2) is 4.39 Å². The zero-order valence-corrected chi connectivity index (χ0v) is 10.6. The third kappa shape index (κ3) is 2.82. The van der Waals surface area contributed by atoms with Crippen LogP contribution in [0, 0.1) is 11.2 Å². The monoisotopic (exact) mass is 254 g/mol. The van der Waals surface area contributed by atoms with Crippen molar-refractivity contribution in [2.24, 2.45) is 5.41 Å². The zero-order valence-electron chi connectivity index (χ0n) is 10.6. The minimum Gasteiger partial charge on any atom is -0.494 e. The van der Waals surface area contributed by atoms with E-state index in [0.29, 0.717) is 19.6 Å². The van der Waals surface area contributed by atoms with Crippen molar-refractivity contribution in [3.8, 4) is 5.75 Å². The predicted molar refractivity (Wildman–Crippen MR) is 66.2 cm³/mol. The molecule has 1 N–H and O–H groups in total. The van der Waals surface area contributed by atoms with E-state index in [9.17, 15) is 9.50 Å². The lowest BCUT2D eigenvalue weighted by molar-refractivity contribution is -0.0157. The van der Waals surface area contributed by atoms with E-state index in [1.165, 1.54) is 13.2 Å². The van der Waals surface area contributed by atoms with Crippen molar-refractivity contribution in [3.05, 3.63) is 29.6 Å². The summed E-state index contributed by atoms with van der Waals surface area (Å²) >= 11 is 0. The Morgan fingerprint density at radius 1 is 1.39 bits per heavy atom. The third-order valence-electron chi connectivity index (χ3n) is 3.68. The van der Waals surface area contributed by atoms with E-state index in [4.69, 9.17) is 9.47 Å². The number of aliphatic hydroxyl groups excluding tert-OH is 1. The molecule has 3 nitrogen and oxygen atoms in total. The van der Waals surface area contributed by atoms with Crippen LogP contribution in [-0.2, 0) is 11.2 Å². The van der Waals surface area contributed by atoms with Gasteiger partial charge in [0.1, 0.15) is 0 Å². The molecule has 1 aliphatic heterocycles. The molecule has 0 aromatic heterocycles. The Kier molecular flexibility index (Phi) is 4.19. The first-order valence-corrected chi connectivity index (χ1v) is 6.20. The van der Waals surface area contributed by atoms with Gasteiger partial charge in [0.25, 0.3) is 0 Å². The molecule has 0 amide bonds. The molecule has 0 bridgehead atoms. The lowest BCUT2D eigenvalue weighted by Gasteiger charge is -2.35. The predicted octanol–water partition coefficient (Wildman–Crippen LogP) is 2.17. The van der Waals surface area contributed by atoms with Crippen LogP contribution in [0.3, 0.4) is 0 Å². The summed E-state index contributed by atoms with van der Waals surface area (Å²) in [6.07, 6.45) is 2.31. The summed E-state index contributed by atoms with van der Waals surface area (Å²) in [6.45, 7) is 1.45. The number of rotatable bonds is 4. The highest BCUT2D eigenvalue weighted by molar-refractivity contribution is 5.30. The van der Waals surface area contributed by atoms with E-state index >= 15 is 0 Å². The highest BCUT2D eigenvalue weighted by Crippen LogP contribution is 2.34. The van der Waals surface area contributed by atoms with Gasteiger partial charge in [0.15, 0.2) is 11.6 Å². The maximum absolute atomic E-state index is 13.6. The van der Waals surface area contributed by atoms with Gasteiger partial charge in [0.2, 0.25) is 0 Å². The van der Waals surface area contributed by atoms with Gasteiger partial charge < -0.3 is 14.6 Å². The molecule has 1 aromatic carbocycles. The van der Waals surface area contributed by atoms with Gasteiger partial charge in [-0.2, -0.15) is 0 Å². The Labute approximate surface area is 107 Å². The lowest BCUT2D eigenvalue weighted by atomic mass is 9.76. The number of benzene rings is 1. The third-order valence-corrected chi connectivity index (χ3v) is 3.68. The molecular formula is C14H19FO3. The maximum Gasteiger partial charge on any atom is 0.165 e. The van der Waals surface area contributed by atoms with Crippen molar-refractivity contribution >= 4 is 0 Å². The molecule has 1 saturated heterocycles. The van der Waals surface area contributed by atoms with Crippen molar-refractivity contribution in [3.63, 3.8) is 0 Å². The van der Waals surface area contributed by atoms with Crippen LogP contribution >= 0.6 is 0 Å². The SMILES string of the molecule is COc1ccc(CC2(CO)CCOCC2)cc1F. The fourth-order valence-electron chi connectivity index (χ4n) is 2.45. The van der Waals surface area contributed by atoms with Gasteiger partial charge in [-0.05, 0) is 37.0 Å². The molecule has 0 unspecified atom stereocenters. The van der Waals surface area contributed by atoms with Crippen LogP contribution in [-0.4, -0.2) is 32.0 Å². The molecule has 0 spiro atoms. The number of hydrogen-bond acceptors (Lipinski definition) is 3. The summed E-state index contributed by atoms with van der Waals surface area (Å²) in [7, 11) is 1.45. The average molecular weight is 254 g/mol. The first-order valence-electron chi connectivity index (χ1n) is 6.20. The molecule has 4 heteroatoms. The number of halogens is 1. The fourth-order valence-corrected chi connectivity index (χ4v) is 2.45. The van der Waals surface area contributed by atoms with Crippen molar-refractivity contribution in [1.29, 1.82) is 0 Å². The molecule has 0 radical (unpaired) electrons. The molecule has 1 fully saturated rings. The summed E-state index contributed by atoms with van der Waals surface area (Å²) in [4.78, 5) is 0. The first kappa shape index (κ1) is 13.3. The molecule has 0 aliphatic carbocycles. The van der Waals surface area contributed by atoms with E-state index in [2.05, 4.69) is 0 Å². The molecule has 1 aliphatic rings. The number of hydrogen-bond donors (Lipinski definition) is 1. The van der Waals surface area contributed by atoms with Gasteiger partial charge in [0, 0.05) is 25.2 Å². The molecule has 2 rings (SSSR count). The highest BCUT2D eigenvalue weighted by atomic mass is 19.1. The van der Waals surface area contributed by atoms with Gasteiger partial charge >= 0.3 is 0 Å². The van der Waals surface area contributed by atoms with Crippen LogP contribution < -0.4 is 4.74 Å². The molecule has 1 aromatic rings. The molecule has 100 valence electrons. The Hall–Kier alpha value is -1.13. The van der Waals surface area contributed by atoms with E-state index < -0.39 is 0 Å². The van der Waals surface area contributed by atoms with Crippen LogP contribution in [0.2, 0.25) is 0 Å². The van der Waals surface area contributed by atoms with Crippen LogP contribution in [0.4, 0.5) is 4.39 Å². The maximum atomic E-state index is 13.6. The molecule has 0 atom stereocenters. The van der Waals surface area contributed by atoms with E-state index in [1.54, 1.807) is 6.07 Å². The first-order chi connectivity index (χ1) is 8.69. The second-order valence-corrected chi connectivity index (χ2v) is 4.92. The van der Waals surface area contributed by atoms with Gasteiger partial charge in [0.05, 0.1) is 7.11 Å². The van der Waals surface area contributed by atoms with Gasteiger partial charge in [-0.1, -0.05) is 6.07 Å². The van der Waals surface area contributed by atoms with Gasteiger partial charge in [-0.15, -0.1) is 0 Å². The second kappa shape index (κ2) is 5.67. The van der Waals surface area contributed by atoms with Crippen LogP contribution in [0.15, 0.2) is 18.2 Å². The summed E-state index contributed by atoms with van der Waals surface area (Å²) in [5.74, 6) is -0.0982. The van der Waals surface area contributed by atoms with Crippen LogP contribution in [0.5, 0.6) is 5.75 Å². The van der Waals surface area contributed by atoms with E-state index in [-0.39, 0.29) is 23.6 Å². The van der Waals surface area contributed by atoms with Crippen LogP contribution in [0.25, 0.3) is 0 Å². The largest absolute Gasteiger partial charge is 0.494 e. The Bertz CT molecular complexity index is 400. The standard InChI is InChI=1S/C14H19FO3/c1-17-13-3-2-11(8-12(13)15)9-14(10-16)4-6-18-7-5-14/h2-3,8,16H,4-7,9-10H2,1H3. The quantitative estimate of drug-likeness (QED) is 0.895. The number of ether oxygens (including phenoxy) is 2. The normalized spacial score (nSPS) is 18.6. The van der Waals surface area contributed by atoms with E-state index in [1.807, 2.05) is 6.07 Å². The van der Waals surface area contributed by atoms with Gasteiger partial charge in [-0.3, -0.25) is 0 Å². The number of aliphatic hydroxyl groups is 1.